The van der Waals surface area contributed by atoms with Crippen molar-refractivity contribution >= 4 is 8.56 Å². The maximum atomic E-state index is 5.89. The molecule has 0 saturated carbocycles. The van der Waals surface area contributed by atoms with Gasteiger partial charge in [-0.2, -0.15) is 0 Å². The van der Waals surface area contributed by atoms with Crippen molar-refractivity contribution in [2.45, 2.75) is 135 Å². The second-order valence-corrected chi connectivity index (χ2v) is 11.8. The third-order valence-corrected chi connectivity index (χ3v) is 9.54. The second-order valence-electron chi connectivity index (χ2n) is 8.12. The summed E-state index contributed by atoms with van der Waals surface area (Å²) in [4.78, 5) is 0. The minimum atomic E-state index is -1.89. The SMILES string of the molecule is CCCCCCCCCCCCCCC[Si](CCCCCC)(OC)OC. The molecule has 0 aliphatic rings. The minimum absolute atomic E-state index is 1.18. The fourth-order valence-corrected chi connectivity index (χ4v) is 6.66. The van der Waals surface area contributed by atoms with Gasteiger partial charge < -0.3 is 8.85 Å². The van der Waals surface area contributed by atoms with E-state index in [4.69, 9.17) is 8.85 Å². The van der Waals surface area contributed by atoms with E-state index in [2.05, 4.69) is 13.8 Å². The molecule has 0 N–H and O–H groups in total. The summed E-state index contributed by atoms with van der Waals surface area (Å²) >= 11 is 0. The molecule has 0 aromatic rings. The van der Waals surface area contributed by atoms with Crippen molar-refractivity contribution in [2.75, 3.05) is 14.2 Å². The predicted molar refractivity (Wildman–Crippen MR) is 119 cm³/mol. The summed E-state index contributed by atoms with van der Waals surface area (Å²) in [6.07, 6.45) is 23.6. The Morgan fingerprint density at radius 2 is 0.692 bits per heavy atom. The van der Waals surface area contributed by atoms with Crippen LogP contribution in [-0.2, 0) is 8.85 Å². The lowest BCUT2D eigenvalue weighted by Gasteiger charge is -2.27. The second kappa shape index (κ2) is 19.9. The largest absolute Gasteiger partial charge is 0.398 e. The standard InChI is InChI=1S/C23H50O2Si/c1-5-7-9-11-12-13-14-15-16-17-18-19-21-23-26(24-3,25-4)22-20-10-8-6-2/h5-23H2,1-4H3. The van der Waals surface area contributed by atoms with Crippen molar-refractivity contribution < 1.29 is 8.85 Å². The third-order valence-electron chi connectivity index (χ3n) is 5.82. The summed E-state index contributed by atoms with van der Waals surface area (Å²) in [5, 5.41) is 0. The van der Waals surface area contributed by atoms with Crippen LogP contribution in [0.5, 0.6) is 0 Å². The molecule has 0 saturated heterocycles. The molecule has 26 heavy (non-hydrogen) atoms. The van der Waals surface area contributed by atoms with Crippen LogP contribution < -0.4 is 0 Å². The molecule has 0 spiro atoms. The molecule has 0 heterocycles. The van der Waals surface area contributed by atoms with Crippen LogP contribution in [0, 0.1) is 0 Å². The van der Waals surface area contributed by atoms with Gasteiger partial charge in [0.2, 0.25) is 0 Å². The van der Waals surface area contributed by atoms with Gasteiger partial charge in [0, 0.05) is 14.2 Å². The first-order valence-corrected chi connectivity index (χ1v) is 14.1. The summed E-state index contributed by atoms with van der Waals surface area (Å²) < 4.78 is 11.8. The van der Waals surface area contributed by atoms with E-state index in [1.165, 1.54) is 121 Å². The molecular weight excluding hydrogens is 336 g/mol. The lowest BCUT2D eigenvalue weighted by molar-refractivity contribution is 0.238. The van der Waals surface area contributed by atoms with Gasteiger partial charge in [0.05, 0.1) is 0 Å². The van der Waals surface area contributed by atoms with Crippen LogP contribution in [0.2, 0.25) is 12.1 Å². The molecule has 0 bridgehead atoms. The van der Waals surface area contributed by atoms with Gasteiger partial charge in [-0.3, -0.25) is 0 Å². The van der Waals surface area contributed by atoms with Gasteiger partial charge in [-0.1, -0.05) is 123 Å². The van der Waals surface area contributed by atoms with Crippen molar-refractivity contribution in [2.24, 2.45) is 0 Å². The van der Waals surface area contributed by atoms with Crippen LogP contribution in [0.3, 0.4) is 0 Å². The van der Waals surface area contributed by atoms with Crippen LogP contribution in [0.1, 0.15) is 123 Å². The van der Waals surface area contributed by atoms with Gasteiger partial charge in [0.25, 0.3) is 0 Å². The van der Waals surface area contributed by atoms with Crippen LogP contribution in [0.4, 0.5) is 0 Å². The molecule has 0 radical (unpaired) electrons. The van der Waals surface area contributed by atoms with Gasteiger partial charge in [-0.15, -0.1) is 0 Å². The zero-order valence-corrected chi connectivity index (χ0v) is 19.8. The fraction of sp³-hybridized carbons (Fsp3) is 1.00. The van der Waals surface area contributed by atoms with Crippen molar-refractivity contribution in [1.29, 1.82) is 0 Å². The molecule has 0 aromatic heterocycles. The Morgan fingerprint density at radius 3 is 1.00 bits per heavy atom. The molecule has 2 nitrogen and oxygen atoms in total. The summed E-state index contributed by atoms with van der Waals surface area (Å²) in [6, 6.07) is 2.36. The topological polar surface area (TPSA) is 18.5 Å². The summed E-state index contributed by atoms with van der Waals surface area (Å²) in [5.74, 6) is 0. The smallest absolute Gasteiger partial charge is 0.337 e. The monoisotopic (exact) mass is 386 g/mol. The summed E-state index contributed by atoms with van der Waals surface area (Å²) in [7, 11) is 1.85. The van der Waals surface area contributed by atoms with Gasteiger partial charge in [-0.05, 0) is 12.1 Å². The number of unbranched alkanes of at least 4 members (excludes halogenated alkanes) is 15. The summed E-state index contributed by atoms with van der Waals surface area (Å²) in [6.45, 7) is 4.56. The Balaban J connectivity index is 3.52. The maximum absolute atomic E-state index is 5.89. The summed E-state index contributed by atoms with van der Waals surface area (Å²) in [5.41, 5.74) is 0. The number of rotatable bonds is 21. The Morgan fingerprint density at radius 1 is 0.423 bits per heavy atom. The Kier molecular flexibility index (Phi) is 20.0. The van der Waals surface area contributed by atoms with E-state index < -0.39 is 8.56 Å². The first-order chi connectivity index (χ1) is 12.7. The normalized spacial score (nSPS) is 12.0. The molecule has 0 rings (SSSR count). The van der Waals surface area contributed by atoms with E-state index in [9.17, 15) is 0 Å². The van der Waals surface area contributed by atoms with Gasteiger partial charge in [-0.25, -0.2) is 0 Å². The molecule has 0 atom stereocenters. The van der Waals surface area contributed by atoms with E-state index in [1.54, 1.807) is 0 Å². The minimum Gasteiger partial charge on any atom is -0.398 e. The zero-order chi connectivity index (χ0) is 19.3. The molecule has 3 heteroatoms. The predicted octanol–water partition coefficient (Wildman–Crippen LogP) is 8.39. The molecule has 0 unspecified atom stereocenters. The van der Waals surface area contributed by atoms with Crippen molar-refractivity contribution in [3.8, 4) is 0 Å². The maximum Gasteiger partial charge on any atom is 0.337 e. The van der Waals surface area contributed by atoms with Crippen molar-refractivity contribution in [3.63, 3.8) is 0 Å². The van der Waals surface area contributed by atoms with E-state index in [0.29, 0.717) is 0 Å². The van der Waals surface area contributed by atoms with Gasteiger partial charge in [0.1, 0.15) is 0 Å². The van der Waals surface area contributed by atoms with E-state index in [0.717, 1.165) is 0 Å². The molecule has 0 fully saturated rings. The lowest BCUT2D eigenvalue weighted by Crippen LogP contribution is -2.39. The highest BCUT2D eigenvalue weighted by molar-refractivity contribution is 6.67. The van der Waals surface area contributed by atoms with Crippen molar-refractivity contribution in [3.05, 3.63) is 0 Å². The quantitative estimate of drug-likeness (QED) is 0.146. The van der Waals surface area contributed by atoms with Crippen molar-refractivity contribution in [1.82, 2.24) is 0 Å². The van der Waals surface area contributed by atoms with Gasteiger partial charge in [0.15, 0.2) is 0 Å². The number of hydrogen-bond acceptors (Lipinski definition) is 2. The van der Waals surface area contributed by atoms with Crippen LogP contribution >= 0.6 is 0 Å². The highest BCUT2D eigenvalue weighted by atomic mass is 28.4. The highest BCUT2D eigenvalue weighted by Gasteiger charge is 2.33. The van der Waals surface area contributed by atoms with Gasteiger partial charge >= 0.3 is 8.56 Å². The van der Waals surface area contributed by atoms with E-state index in [1.807, 2.05) is 14.2 Å². The lowest BCUT2D eigenvalue weighted by atomic mass is 10.1. The van der Waals surface area contributed by atoms with Crippen LogP contribution in [0.25, 0.3) is 0 Å². The highest BCUT2D eigenvalue weighted by Crippen LogP contribution is 2.25. The van der Waals surface area contributed by atoms with Crippen LogP contribution in [0.15, 0.2) is 0 Å². The first-order valence-electron chi connectivity index (χ1n) is 11.8. The first kappa shape index (κ1) is 26.1. The van der Waals surface area contributed by atoms with E-state index in [-0.39, 0.29) is 0 Å². The third kappa shape index (κ3) is 15.2. The fourth-order valence-electron chi connectivity index (χ4n) is 3.85. The molecule has 0 aliphatic heterocycles. The molecule has 158 valence electrons. The Bertz CT molecular complexity index is 267. The Hall–Kier alpha value is 0.137. The van der Waals surface area contributed by atoms with Crippen LogP contribution in [-0.4, -0.2) is 22.8 Å². The zero-order valence-electron chi connectivity index (χ0n) is 18.8. The average molecular weight is 387 g/mol. The Labute approximate surface area is 167 Å². The molecular formula is C23H50O2Si. The molecule has 0 amide bonds. The number of hydrogen-bond donors (Lipinski definition) is 0. The van der Waals surface area contributed by atoms with E-state index >= 15 is 0 Å². The molecule has 0 aliphatic carbocycles. The molecule has 0 aromatic carbocycles. The average Bonchev–Trinajstić information content (AvgIpc) is 2.67.